The van der Waals surface area contributed by atoms with Gasteiger partial charge in [0.05, 0.1) is 5.69 Å². The molecule has 9 nitrogen and oxygen atoms in total. The van der Waals surface area contributed by atoms with Crippen molar-refractivity contribution in [3.8, 4) is 16.9 Å². The fourth-order valence-electron chi connectivity index (χ4n) is 4.12. The maximum absolute atomic E-state index is 14.9. The Balaban J connectivity index is 1.79. The fraction of sp³-hybridized carbons (Fsp3) is 0.148. The molecule has 5 rings (SSSR count). The first-order valence-corrected chi connectivity index (χ1v) is 12.8. The summed E-state index contributed by atoms with van der Waals surface area (Å²) < 4.78 is 30.7. The minimum Gasteiger partial charge on any atom is -0.353 e. The quantitative estimate of drug-likeness (QED) is 0.247. The number of benzene rings is 2. The molecule has 3 N–H and O–H groups in total. The molecule has 0 saturated heterocycles. The van der Waals surface area contributed by atoms with Gasteiger partial charge >= 0.3 is 0 Å². The number of amides is 1. The predicted molar refractivity (Wildman–Crippen MR) is 148 cm³/mol. The first kappa shape index (κ1) is 26.1. The van der Waals surface area contributed by atoms with Crippen LogP contribution >= 0.6 is 11.3 Å². The molecule has 0 radical (unpaired) electrons. The molecule has 3 heterocycles. The second kappa shape index (κ2) is 11.1. The molecule has 0 aliphatic carbocycles. The monoisotopic (exact) mass is 547 g/mol. The molecule has 0 fully saturated rings. The molecule has 0 unspecified atom stereocenters. The molecule has 0 atom stereocenters. The van der Waals surface area contributed by atoms with Crippen LogP contribution in [0.15, 0.2) is 64.9 Å². The lowest BCUT2D eigenvalue weighted by molar-refractivity contribution is 0.102. The number of thiazole rings is 1. The SMILES string of the molecule is CNCCNc1nc(-c2cc(C)ccc2C(=O)Nc2nccs2)c2ccc(=O)n(-c3c(F)cccc3F)c2n1. The standard InChI is InChI=1S/C27H23F2N7O2S/c1-15-6-7-16(25(38)35-27-32-12-13-39-27)18(14-15)22-17-8-9-21(37)36(23-19(28)4-3-5-20(23)29)24(17)34-26(33-22)31-11-10-30-2/h3-9,12-14,30H,10-11H2,1-2H3,(H,31,33,34)(H,32,35,38). The van der Waals surface area contributed by atoms with E-state index in [1.54, 1.807) is 36.8 Å². The zero-order valence-corrected chi connectivity index (χ0v) is 21.8. The van der Waals surface area contributed by atoms with E-state index in [1.807, 2.05) is 6.92 Å². The van der Waals surface area contributed by atoms with Crippen molar-refractivity contribution in [3.05, 3.63) is 93.2 Å². The second-order valence-electron chi connectivity index (χ2n) is 8.58. The van der Waals surface area contributed by atoms with Crippen molar-refractivity contribution in [1.29, 1.82) is 0 Å². The number of likely N-dealkylation sites (N-methyl/N-ethyl adjacent to an activating group) is 1. The summed E-state index contributed by atoms with van der Waals surface area (Å²) in [7, 11) is 1.78. The van der Waals surface area contributed by atoms with Crippen LogP contribution < -0.4 is 21.5 Å². The number of carbonyl (C=O) groups is 1. The number of aryl methyl sites for hydroxylation is 1. The third kappa shape index (κ3) is 5.24. The van der Waals surface area contributed by atoms with Gasteiger partial charge in [-0.05, 0) is 44.3 Å². The molecule has 0 aliphatic rings. The van der Waals surface area contributed by atoms with E-state index in [1.165, 1.54) is 29.5 Å². The average Bonchev–Trinajstić information content (AvgIpc) is 3.42. The normalized spacial score (nSPS) is 11.1. The Morgan fingerprint density at radius 3 is 2.56 bits per heavy atom. The van der Waals surface area contributed by atoms with E-state index in [0.29, 0.717) is 40.4 Å². The van der Waals surface area contributed by atoms with Crippen molar-refractivity contribution in [2.45, 2.75) is 6.92 Å². The number of hydrogen-bond donors (Lipinski definition) is 3. The number of carbonyl (C=O) groups excluding carboxylic acids is 1. The highest BCUT2D eigenvalue weighted by Crippen LogP contribution is 2.32. The van der Waals surface area contributed by atoms with Gasteiger partial charge < -0.3 is 10.6 Å². The van der Waals surface area contributed by atoms with E-state index in [0.717, 1.165) is 22.3 Å². The van der Waals surface area contributed by atoms with E-state index < -0.39 is 28.8 Å². The summed E-state index contributed by atoms with van der Waals surface area (Å²) >= 11 is 1.28. The molecule has 2 aromatic carbocycles. The van der Waals surface area contributed by atoms with Crippen molar-refractivity contribution >= 4 is 39.4 Å². The van der Waals surface area contributed by atoms with Crippen molar-refractivity contribution in [2.75, 3.05) is 30.8 Å². The predicted octanol–water partition coefficient (Wildman–Crippen LogP) is 4.37. The Morgan fingerprint density at radius 1 is 1.05 bits per heavy atom. The summed E-state index contributed by atoms with van der Waals surface area (Å²) in [4.78, 5) is 39.6. The van der Waals surface area contributed by atoms with E-state index in [-0.39, 0.29) is 11.6 Å². The molecule has 12 heteroatoms. The molecule has 3 aromatic heterocycles. The summed E-state index contributed by atoms with van der Waals surface area (Å²) in [5, 5.41) is 11.4. The molecule has 0 saturated carbocycles. The molecular weight excluding hydrogens is 524 g/mol. The number of nitrogens with one attached hydrogen (secondary N) is 3. The first-order chi connectivity index (χ1) is 18.9. The number of halogens is 2. The smallest absolute Gasteiger partial charge is 0.258 e. The van der Waals surface area contributed by atoms with Gasteiger partial charge in [0.15, 0.2) is 10.8 Å². The summed E-state index contributed by atoms with van der Waals surface area (Å²) in [5.74, 6) is -2.14. The zero-order chi connectivity index (χ0) is 27.5. The average molecular weight is 548 g/mol. The van der Waals surface area contributed by atoms with Gasteiger partial charge in [-0.25, -0.2) is 18.7 Å². The third-order valence-corrected chi connectivity index (χ3v) is 6.59. The van der Waals surface area contributed by atoms with Crippen LogP contribution in [0.25, 0.3) is 28.0 Å². The van der Waals surface area contributed by atoms with Gasteiger partial charge in [-0.15, -0.1) is 11.3 Å². The maximum atomic E-state index is 14.9. The molecule has 5 aromatic rings. The Bertz CT molecular complexity index is 1720. The van der Waals surface area contributed by atoms with Gasteiger partial charge in [0.25, 0.3) is 11.5 Å². The lowest BCUT2D eigenvalue weighted by Gasteiger charge is -2.17. The number of para-hydroxylation sites is 1. The summed E-state index contributed by atoms with van der Waals surface area (Å²) in [6.07, 6.45) is 1.58. The first-order valence-electron chi connectivity index (χ1n) is 12.0. The second-order valence-corrected chi connectivity index (χ2v) is 9.48. The number of pyridine rings is 1. The van der Waals surface area contributed by atoms with Crippen molar-refractivity contribution in [3.63, 3.8) is 0 Å². The van der Waals surface area contributed by atoms with Crippen LogP contribution in [0.4, 0.5) is 19.9 Å². The van der Waals surface area contributed by atoms with E-state index in [9.17, 15) is 18.4 Å². The van der Waals surface area contributed by atoms with Crippen LogP contribution in [0, 0.1) is 18.6 Å². The molecule has 1 amide bonds. The Hall–Kier alpha value is -4.55. The number of rotatable bonds is 8. The Morgan fingerprint density at radius 2 is 1.85 bits per heavy atom. The number of hydrogen-bond acceptors (Lipinski definition) is 8. The fourth-order valence-corrected chi connectivity index (χ4v) is 4.64. The van der Waals surface area contributed by atoms with Gasteiger partial charge in [-0.2, -0.15) is 4.98 Å². The molecule has 0 spiro atoms. The van der Waals surface area contributed by atoms with Crippen molar-refractivity contribution in [2.24, 2.45) is 0 Å². The highest BCUT2D eigenvalue weighted by molar-refractivity contribution is 7.13. The van der Waals surface area contributed by atoms with Crippen LogP contribution in [0.1, 0.15) is 15.9 Å². The molecule has 0 aliphatic heterocycles. The maximum Gasteiger partial charge on any atom is 0.258 e. The zero-order valence-electron chi connectivity index (χ0n) is 21.0. The van der Waals surface area contributed by atoms with Gasteiger partial charge in [0, 0.05) is 47.2 Å². The van der Waals surface area contributed by atoms with Crippen LogP contribution in [-0.4, -0.2) is 45.6 Å². The van der Waals surface area contributed by atoms with Gasteiger partial charge in [-0.1, -0.05) is 17.7 Å². The van der Waals surface area contributed by atoms with E-state index in [4.69, 9.17) is 0 Å². The number of anilines is 2. The van der Waals surface area contributed by atoms with E-state index in [2.05, 4.69) is 30.9 Å². The lowest BCUT2D eigenvalue weighted by atomic mass is 9.98. The Kier molecular flexibility index (Phi) is 7.39. The minimum atomic E-state index is -0.923. The van der Waals surface area contributed by atoms with E-state index >= 15 is 0 Å². The molecule has 0 bridgehead atoms. The molecule has 198 valence electrons. The number of nitrogens with zero attached hydrogens (tertiary/aromatic N) is 4. The largest absolute Gasteiger partial charge is 0.353 e. The molecule has 39 heavy (non-hydrogen) atoms. The molecular formula is C27H23F2N7O2S. The lowest BCUT2D eigenvalue weighted by Crippen LogP contribution is -2.23. The van der Waals surface area contributed by atoms with Gasteiger partial charge in [-0.3, -0.25) is 19.5 Å². The van der Waals surface area contributed by atoms with Crippen LogP contribution in [0.5, 0.6) is 0 Å². The van der Waals surface area contributed by atoms with Crippen molar-refractivity contribution < 1.29 is 13.6 Å². The summed E-state index contributed by atoms with van der Waals surface area (Å²) in [5.41, 5.74) is 0.662. The van der Waals surface area contributed by atoms with Crippen LogP contribution in [0.3, 0.4) is 0 Å². The number of aromatic nitrogens is 4. The van der Waals surface area contributed by atoms with Crippen LogP contribution in [-0.2, 0) is 0 Å². The topological polar surface area (TPSA) is 114 Å². The highest BCUT2D eigenvalue weighted by atomic mass is 32.1. The van der Waals surface area contributed by atoms with Crippen LogP contribution in [0.2, 0.25) is 0 Å². The minimum absolute atomic E-state index is 0.0174. The van der Waals surface area contributed by atoms with Gasteiger partial charge in [0.2, 0.25) is 5.95 Å². The summed E-state index contributed by atoms with van der Waals surface area (Å²) in [6.45, 7) is 2.87. The third-order valence-electron chi connectivity index (χ3n) is 5.90. The van der Waals surface area contributed by atoms with Gasteiger partial charge in [0.1, 0.15) is 17.3 Å². The van der Waals surface area contributed by atoms with Crippen molar-refractivity contribution in [1.82, 2.24) is 24.8 Å². The summed E-state index contributed by atoms with van der Waals surface area (Å²) in [6, 6.07) is 11.3. The number of fused-ring (bicyclic) bond motifs is 1. The Labute approximate surface area is 225 Å². The highest BCUT2D eigenvalue weighted by Gasteiger charge is 2.22.